The smallest absolute Gasteiger partial charge is 0.261 e. The SMILES string of the molecule is CC(=O)N[C@H](/C=C(\C)CO[Si](c1ccccc1)(c1ccccc1)C(C)(C)C)C(C)C. The number of carbonyl (C=O) groups excluding carboxylic acids is 1. The second-order valence-electron chi connectivity index (χ2n) is 9.44. The molecule has 0 bridgehead atoms. The van der Waals surface area contributed by atoms with Crippen molar-refractivity contribution >= 4 is 24.6 Å². The van der Waals surface area contributed by atoms with Gasteiger partial charge >= 0.3 is 0 Å². The Hall–Kier alpha value is -2.17. The van der Waals surface area contributed by atoms with Gasteiger partial charge in [0.25, 0.3) is 8.32 Å². The molecule has 0 aliphatic rings. The lowest BCUT2D eigenvalue weighted by molar-refractivity contribution is -0.119. The second kappa shape index (κ2) is 10.2. The van der Waals surface area contributed by atoms with Gasteiger partial charge in [-0.15, -0.1) is 0 Å². The van der Waals surface area contributed by atoms with Gasteiger partial charge in [0.2, 0.25) is 5.91 Å². The van der Waals surface area contributed by atoms with Gasteiger partial charge in [-0.1, -0.05) is 107 Å². The van der Waals surface area contributed by atoms with Gasteiger partial charge in [-0.2, -0.15) is 0 Å². The highest BCUT2D eigenvalue weighted by Crippen LogP contribution is 2.37. The van der Waals surface area contributed by atoms with E-state index in [0.29, 0.717) is 12.5 Å². The highest BCUT2D eigenvalue weighted by Gasteiger charge is 2.50. The van der Waals surface area contributed by atoms with Gasteiger partial charge in [0.15, 0.2) is 0 Å². The van der Waals surface area contributed by atoms with E-state index in [1.165, 1.54) is 10.4 Å². The van der Waals surface area contributed by atoms with E-state index in [0.717, 1.165) is 5.57 Å². The number of nitrogens with one attached hydrogen (secondary N) is 1. The summed E-state index contributed by atoms with van der Waals surface area (Å²) in [6, 6.07) is 21.3. The van der Waals surface area contributed by atoms with E-state index >= 15 is 0 Å². The molecule has 1 N–H and O–H groups in total. The predicted molar refractivity (Wildman–Crippen MR) is 130 cm³/mol. The zero-order chi connectivity index (χ0) is 22.4. The van der Waals surface area contributed by atoms with Crippen LogP contribution in [-0.4, -0.2) is 26.9 Å². The molecule has 1 atom stereocenters. The molecule has 0 unspecified atom stereocenters. The third kappa shape index (κ3) is 5.70. The summed E-state index contributed by atoms with van der Waals surface area (Å²) in [6.45, 7) is 15.3. The normalized spacial score (nSPS) is 13.9. The summed E-state index contributed by atoms with van der Waals surface area (Å²) in [6.07, 6.45) is 2.14. The van der Waals surface area contributed by atoms with Crippen molar-refractivity contribution in [2.24, 2.45) is 5.92 Å². The molecule has 0 saturated carbocycles. The zero-order valence-corrected chi connectivity index (χ0v) is 20.5. The van der Waals surface area contributed by atoms with Gasteiger partial charge in [0.05, 0.1) is 6.61 Å². The Balaban J connectivity index is 2.46. The molecule has 0 aromatic heterocycles. The van der Waals surface area contributed by atoms with Crippen LogP contribution in [0.4, 0.5) is 0 Å². The van der Waals surface area contributed by atoms with Gasteiger partial charge in [-0.05, 0) is 28.3 Å². The first-order valence-electron chi connectivity index (χ1n) is 10.8. The molecule has 2 rings (SSSR count). The summed E-state index contributed by atoms with van der Waals surface area (Å²) in [5.74, 6) is 0.308. The minimum absolute atomic E-state index is 0.00486. The lowest BCUT2D eigenvalue weighted by Gasteiger charge is -2.43. The molecule has 0 saturated heterocycles. The number of rotatable bonds is 8. The van der Waals surface area contributed by atoms with Crippen molar-refractivity contribution in [3.05, 3.63) is 72.3 Å². The lowest BCUT2D eigenvalue weighted by Crippen LogP contribution is -2.66. The molecule has 0 fully saturated rings. The average molecular weight is 424 g/mol. The fraction of sp³-hybridized carbons (Fsp3) is 0.423. The molecule has 2 aromatic rings. The van der Waals surface area contributed by atoms with Crippen LogP contribution in [0.2, 0.25) is 5.04 Å². The van der Waals surface area contributed by atoms with E-state index in [1.807, 2.05) is 0 Å². The molecular weight excluding hydrogens is 386 g/mol. The maximum Gasteiger partial charge on any atom is 0.261 e. The molecule has 0 aliphatic heterocycles. The molecule has 162 valence electrons. The standard InChI is InChI=1S/C26H37NO2Si/c1-20(2)25(27-22(4)28)18-21(3)19-29-30(26(5,6)7,23-14-10-8-11-15-23)24-16-12-9-13-17-24/h8-18,20,25H,19H2,1-7H3,(H,27,28)/b21-18+/t25-/m1/s1. The molecule has 0 heterocycles. The van der Waals surface area contributed by atoms with Crippen molar-refractivity contribution in [1.29, 1.82) is 0 Å². The van der Waals surface area contributed by atoms with E-state index in [2.05, 4.69) is 114 Å². The first kappa shape index (κ1) is 24.1. The van der Waals surface area contributed by atoms with Gasteiger partial charge in [-0.3, -0.25) is 4.79 Å². The second-order valence-corrected chi connectivity index (χ2v) is 13.7. The number of carbonyl (C=O) groups is 1. The Labute approximate surface area is 183 Å². The molecule has 2 aromatic carbocycles. The van der Waals surface area contributed by atoms with Crippen molar-refractivity contribution < 1.29 is 9.22 Å². The molecular formula is C26H37NO2Si. The largest absolute Gasteiger partial charge is 0.403 e. The van der Waals surface area contributed by atoms with E-state index in [9.17, 15) is 4.79 Å². The van der Waals surface area contributed by atoms with E-state index in [1.54, 1.807) is 6.92 Å². The van der Waals surface area contributed by atoms with E-state index in [-0.39, 0.29) is 17.0 Å². The molecule has 1 amide bonds. The minimum Gasteiger partial charge on any atom is -0.403 e. The fourth-order valence-corrected chi connectivity index (χ4v) is 8.57. The quantitative estimate of drug-likeness (QED) is 0.495. The van der Waals surface area contributed by atoms with Crippen molar-refractivity contribution in [3.63, 3.8) is 0 Å². The van der Waals surface area contributed by atoms with Crippen molar-refractivity contribution in [2.75, 3.05) is 6.61 Å². The van der Waals surface area contributed by atoms with Crippen LogP contribution in [0.25, 0.3) is 0 Å². The maximum absolute atomic E-state index is 11.6. The van der Waals surface area contributed by atoms with Gasteiger partial charge in [0, 0.05) is 13.0 Å². The Morgan fingerprint density at radius 1 is 0.967 bits per heavy atom. The maximum atomic E-state index is 11.6. The average Bonchev–Trinajstić information content (AvgIpc) is 2.68. The number of amides is 1. The Kier molecular flexibility index (Phi) is 8.22. The van der Waals surface area contributed by atoms with Crippen molar-refractivity contribution in [1.82, 2.24) is 5.32 Å². The Morgan fingerprint density at radius 2 is 1.43 bits per heavy atom. The first-order chi connectivity index (χ1) is 14.1. The summed E-state index contributed by atoms with van der Waals surface area (Å²) in [5, 5.41) is 5.54. The molecule has 0 spiro atoms. The van der Waals surface area contributed by atoms with Gasteiger partial charge in [0.1, 0.15) is 0 Å². The summed E-state index contributed by atoms with van der Waals surface area (Å²) < 4.78 is 6.97. The van der Waals surface area contributed by atoms with Crippen LogP contribution in [0.15, 0.2) is 72.3 Å². The van der Waals surface area contributed by atoms with Crippen LogP contribution < -0.4 is 15.7 Å². The van der Waals surface area contributed by atoms with Crippen LogP contribution in [0.3, 0.4) is 0 Å². The summed E-state index contributed by atoms with van der Waals surface area (Å²) in [4.78, 5) is 11.6. The molecule has 3 nitrogen and oxygen atoms in total. The van der Waals surface area contributed by atoms with Gasteiger partial charge in [-0.25, -0.2) is 0 Å². The van der Waals surface area contributed by atoms with E-state index < -0.39 is 8.32 Å². The highest BCUT2D eigenvalue weighted by atomic mass is 28.4. The Bertz CT molecular complexity index is 799. The first-order valence-corrected chi connectivity index (χ1v) is 12.7. The van der Waals surface area contributed by atoms with Gasteiger partial charge < -0.3 is 9.74 Å². The summed E-state index contributed by atoms with van der Waals surface area (Å²) >= 11 is 0. The zero-order valence-electron chi connectivity index (χ0n) is 19.5. The molecule has 0 radical (unpaired) electrons. The predicted octanol–water partition coefficient (Wildman–Crippen LogP) is 4.67. The fourth-order valence-electron chi connectivity index (χ4n) is 3.97. The van der Waals surface area contributed by atoms with Crippen LogP contribution in [0.1, 0.15) is 48.5 Å². The Morgan fingerprint density at radius 3 is 1.80 bits per heavy atom. The van der Waals surface area contributed by atoms with Crippen molar-refractivity contribution in [2.45, 2.75) is 59.5 Å². The van der Waals surface area contributed by atoms with Crippen LogP contribution >= 0.6 is 0 Å². The number of hydrogen-bond acceptors (Lipinski definition) is 2. The highest BCUT2D eigenvalue weighted by molar-refractivity contribution is 6.99. The molecule has 30 heavy (non-hydrogen) atoms. The number of benzene rings is 2. The topological polar surface area (TPSA) is 38.3 Å². The third-order valence-electron chi connectivity index (χ3n) is 5.49. The van der Waals surface area contributed by atoms with Crippen LogP contribution in [-0.2, 0) is 9.22 Å². The van der Waals surface area contributed by atoms with Crippen LogP contribution in [0.5, 0.6) is 0 Å². The van der Waals surface area contributed by atoms with E-state index in [4.69, 9.17) is 4.43 Å². The van der Waals surface area contributed by atoms with Crippen molar-refractivity contribution in [3.8, 4) is 0 Å². The minimum atomic E-state index is -2.55. The summed E-state index contributed by atoms with van der Waals surface area (Å²) in [5.41, 5.74) is 1.13. The molecule has 4 heteroatoms. The lowest BCUT2D eigenvalue weighted by atomic mass is 10.0. The number of hydrogen-bond donors (Lipinski definition) is 1. The monoisotopic (exact) mass is 423 g/mol. The molecule has 0 aliphatic carbocycles. The summed E-state index contributed by atoms with van der Waals surface area (Å²) in [7, 11) is -2.55. The van der Waals surface area contributed by atoms with Crippen LogP contribution in [0, 0.1) is 5.92 Å². The third-order valence-corrected chi connectivity index (χ3v) is 10.5.